The Bertz CT molecular complexity index is 651. The molecule has 0 amide bonds. The van der Waals surface area contributed by atoms with E-state index in [-0.39, 0.29) is 17.7 Å². The molecule has 25 heavy (non-hydrogen) atoms. The van der Waals surface area contributed by atoms with E-state index in [4.69, 9.17) is 10.00 Å². The van der Waals surface area contributed by atoms with Gasteiger partial charge < -0.3 is 9.64 Å². The molecule has 1 saturated heterocycles. The normalized spacial score (nSPS) is 15.8. The van der Waals surface area contributed by atoms with Crippen LogP contribution in [-0.2, 0) is 14.3 Å². The zero-order chi connectivity index (χ0) is 18.1. The van der Waals surface area contributed by atoms with Gasteiger partial charge in [-0.05, 0) is 56.6 Å². The Kier molecular flexibility index (Phi) is 7.36. The maximum Gasteiger partial charge on any atom is 0.309 e. The molecule has 0 spiro atoms. The monoisotopic (exact) mass is 340 g/mol. The second-order valence-corrected chi connectivity index (χ2v) is 6.15. The van der Waals surface area contributed by atoms with Gasteiger partial charge in [-0.2, -0.15) is 5.26 Å². The summed E-state index contributed by atoms with van der Waals surface area (Å²) >= 11 is 0. The van der Waals surface area contributed by atoms with Gasteiger partial charge in [0.1, 0.15) is 0 Å². The number of ether oxygens (including phenoxy) is 1. The van der Waals surface area contributed by atoms with Crippen LogP contribution >= 0.6 is 0 Å². The van der Waals surface area contributed by atoms with Crippen molar-refractivity contribution < 1.29 is 14.3 Å². The Labute approximate surface area is 148 Å². The number of benzene rings is 1. The van der Waals surface area contributed by atoms with Gasteiger partial charge in [0.2, 0.25) is 0 Å². The molecule has 0 atom stereocenters. The van der Waals surface area contributed by atoms with E-state index >= 15 is 0 Å². The van der Waals surface area contributed by atoms with Crippen LogP contribution in [0.25, 0.3) is 6.08 Å². The summed E-state index contributed by atoms with van der Waals surface area (Å²) in [6.07, 6.45) is 5.43. The molecule has 5 nitrogen and oxygen atoms in total. The van der Waals surface area contributed by atoms with Crippen molar-refractivity contribution in [3.05, 3.63) is 41.5 Å². The summed E-state index contributed by atoms with van der Waals surface area (Å²) in [6, 6.07) is 9.18. The van der Waals surface area contributed by atoms with Crippen LogP contribution in [0.2, 0.25) is 0 Å². The number of carbonyl (C=O) groups is 2. The first-order chi connectivity index (χ1) is 12.1. The highest BCUT2D eigenvalue weighted by atomic mass is 16.5. The molecule has 1 aliphatic rings. The highest BCUT2D eigenvalue weighted by Gasteiger charge is 2.25. The standard InChI is InChI=1S/C20H24N2O3/c1-2-25-20(24)18-9-12-22(13-10-18)14-11-19(23)8-7-16-3-5-17(15-21)6-4-16/h3-8,18H,2,9-14H2,1H3/b8-7+. The molecule has 0 N–H and O–H groups in total. The lowest BCUT2D eigenvalue weighted by Gasteiger charge is -2.30. The SMILES string of the molecule is CCOC(=O)C1CCN(CCC(=O)/C=C/c2ccc(C#N)cc2)CC1. The van der Waals surface area contributed by atoms with Gasteiger partial charge in [0, 0.05) is 13.0 Å². The summed E-state index contributed by atoms with van der Waals surface area (Å²) < 4.78 is 5.06. The van der Waals surface area contributed by atoms with Crippen molar-refractivity contribution in [2.45, 2.75) is 26.2 Å². The molecule has 5 heteroatoms. The minimum atomic E-state index is -0.0939. The van der Waals surface area contributed by atoms with Crippen molar-refractivity contribution in [3.8, 4) is 6.07 Å². The predicted molar refractivity (Wildman–Crippen MR) is 95.6 cm³/mol. The quantitative estimate of drug-likeness (QED) is 0.564. The average Bonchev–Trinajstić information content (AvgIpc) is 2.65. The maximum atomic E-state index is 12.0. The molecule has 1 aliphatic heterocycles. The van der Waals surface area contributed by atoms with Crippen molar-refractivity contribution in [2.24, 2.45) is 5.92 Å². The first kappa shape index (κ1) is 18.9. The average molecular weight is 340 g/mol. The van der Waals surface area contributed by atoms with Crippen molar-refractivity contribution in [2.75, 3.05) is 26.2 Å². The van der Waals surface area contributed by atoms with Crippen LogP contribution < -0.4 is 0 Å². The Morgan fingerprint density at radius 2 is 1.96 bits per heavy atom. The van der Waals surface area contributed by atoms with E-state index in [9.17, 15) is 9.59 Å². The second-order valence-electron chi connectivity index (χ2n) is 6.15. The number of rotatable bonds is 7. The first-order valence-electron chi connectivity index (χ1n) is 8.72. The molecule has 1 aromatic carbocycles. The maximum absolute atomic E-state index is 12.0. The number of hydrogen-bond acceptors (Lipinski definition) is 5. The van der Waals surface area contributed by atoms with Gasteiger partial charge in [0.05, 0.1) is 24.2 Å². The van der Waals surface area contributed by atoms with Gasteiger partial charge in [-0.1, -0.05) is 18.2 Å². The molecule has 1 aromatic rings. The number of nitrogens with zero attached hydrogens (tertiary/aromatic N) is 2. The summed E-state index contributed by atoms with van der Waals surface area (Å²) in [7, 11) is 0. The topological polar surface area (TPSA) is 70.4 Å². The number of hydrogen-bond donors (Lipinski definition) is 0. The van der Waals surface area contributed by atoms with Crippen LogP contribution in [0.15, 0.2) is 30.3 Å². The molecule has 2 rings (SSSR count). The number of piperidine rings is 1. The summed E-state index contributed by atoms with van der Waals surface area (Å²) in [5.41, 5.74) is 1.51. The first-order valence-corrected chi connectivity index (χ1v) is 8.72. The van der Waals surface area contributed by atoms with Gasteiger partial charge in [0.15, 0.2) is 5.78 Å². The zero-order valence-corrected chi connectivity index (χ0v) is 14.6. The van der Waals surface area contributed by atoms with Crippen LogP contribution in [-0.4, -0.2) is 42.9 Å². The number of esters is 1. The molecule has 0 saturated carbocycles. The minimum Gasteiger partial charge on any atom is -0.466 e. The van der Waals surface area contributed by atoms with Crippen molar-refractivity contribution in [1.29, 1.82) is 5.26 Å². The number of ketones is 1. The molecule has 0 unspecified atom stereocenters. The minimum absolute atomic E-state index is 0.00294. The second kappa shape index (κ2) is 9.75. The van der Waals surface area contributed by atoms with E-state index in [1.807, 2.05) is 19.1 Å². The largest absolute Gasteiger partial charge is 0.466 e. The third-order valence-electron chi connectivity index (χ3n) is 4.38. The summed E-state index contributed by atoms with van der Waals surface area (Å²) in [4.78, 5) is 25.9. The van der Waals surface area contributed by atoms with Gasteiger partial charge >= 0.3 is 5.97 Å². The molecule has 1 heterocycles. The fourth-order valence-corrected chi connectivity index (χ4v) is 2.86. The fourth-order valence-electron chi connectivity index (χ4n) is 2.86. The molecule has 0 aliphatic carbocycles. The summed E-state index contributed by atoms with van der Waals surface area (Å²) in [5, 5.41) is 8.76. The third-order valence-corrected chi connectivity index (χ3v) is 4.38. The Morgan fingerprint density at radius 1 is 1.28 bits per heavy atom. The van der Waals surface area contributed by atoms with Crippen LogP contribution in [0.1, 0.15) is 37.3 Å². The molecule has 1 fully saturated rings. The summed E-state index contributed by atoms with van der Waals surface area (Å²) in [5.74, 6) is -0.0105. The van der Waals surface area contributed by atoms with Crippen LogP contribution in [0.4, 0.5) is 0 Å². The van der Waals surface area contributed by atoms with E-state index in [0.29, 0.717) is 25.1 Å². The van der Waals surface area contributed by atoms with Gasteiger partial charge in [-0.15, -0.1) is 0 Å². The van der Waals surface area contributed by atoms with E-state index < -0.39 is 0 Å². The molecular weight excluding hydrogens is 316 g/mol. The van der Waals surface area contributed by atoms with Crippen molar-refractivity contribution in [1.82, 2.24) is 4.90 Å². The summed E-state index contributed by atoms with van der Waals surface area (Å²) in [6.45, 7) is 4.63. The Balaban J connectivity index is 1.71. The Morgan fingerprint density at radius 3 is 2.56 bits per heavy atom. The van der Waals surface area contributed by atoms with E-state index in [2.05, 4.69) is 11.0 Å². The highest BCUT2D eigenvalue weighted by molar-refractivity contribution is 5.93. The lowest BCUT2D eigenvalue weighted by atomic mass is 9.97. The van der Waals surface area contributed by atoms with Crippen LogP contribution in [0.3, 0.4) is 0 Å². The molecule has 0 radical (unpaired) electrons. The smallest absolute Gasteiger partial charge is 0.309 e. The van der Waals surface area contributed by atoms with E-state index in [0.717, 1.165) is 31.5 Å². The van der Waals surface area contributed by atoms with Crippen LogP contribution in [0, 0.1) is 17.2 Å². The number of nitriles is 1. The number of allylic oxidation sites excluding steroid dienone is 1. The fraction of sp³-hybridized carbons (Fsp3) is 0.450. The van der Waals surface area contributed by atoms with Crippen molar-refractivity contribution in [3.63, 3.8) is 0 Å². The molecule has 0 aromatic heterocycles. The van der Waals surface area contributed by atoms with Crippen molar-refractivity contribution >= 4 is 17.8 Å². The lowest BCUT2D eigenvalue weighted by Crippen LogP contribution is -2.37. The number of carbonyl (C=O) groups excluding carboxylic acids is 2. The van der Waals surface area contributed by atoms with Gasteiger partial charge in [0.25, 0.3) is 0 Å². The number of likely N-dealkylation sites (tertiary alicyclic amines) is 1. The van der Waals surface area contributed by atoms with Gasteiger partial charge in [-0.3, -0.25) is 9.59 Å². The third kappa shape index (κ3) is 6.17. The lowest BCUT2D eigenvalue weighted by molar-refractivity contribution is -0.149. The molecular formula is C20H24N2O3. The predicted octanol–water partition coefficient (Wildman–Crippen LogP) is 2.81. The van der Waals surface area contributed by atoms with Crippen LogP contribution in [0.5, 0.6) is 0 Å². The van der Waals surface area contributed by atoms with E-state index in [1.165, 1.54) is 0 Å². The highest BCUT2D eigenvalue weighted by Crippen LogP contribution is 2.18. The molecule has 132 valence electrons. The van der Waals surface area contributed by atoms with Gasteiger partial charge in [-0.25, -0.2) is 0 Å². The van der Waals surface area contributed by atoms with E-state index in [1.54, 1.807) is 24.3 Å². The Hall–Kier alpha value is -2.45. The zero-order valence-electron chi connectivity index (χ0n) is 14.6. The molecule has 0 bridgehead atoms.